The van der Waals surface area contributed by atoms with E-state index in [2.05, 4.69) is 4.98 Å². The zero-order chi connectivity index (χ0) is 18.0. The molecule has 3 aromatic rings. The zero-order valence-corrected chi connectivity index (χ0v) is 14.8. The third-order valence-electron chi connectivity index (χ3n) is 4.12. The van der Waals surface area contributed by atoms with E-state index in [1.807, 2.05) is 31.2 Å². The van der Waals surface area contributed by atoms with Crippen molar-refractivity contribution in [3.8, 4) is 0 Å². The maximum absolute atomic E-state index is 13.0. The number of hydrogen-bond acceptors (Lipinski definition) is 5. The summed E-state index contributed by atoms with van der Waals surface area (Å²) in [5.41, 5.74) is 1.75. The van der Waals surface area contributed by atoms with E-state index < -0.39 is 5.97 Å². The Bertz CT molecular complexity index is 990. The van der Waals surface area contributed by atoms with Crippen LogP contribution in [-0.2, 0) is 17.7 Å². The SMILES string of the molecule is COCCc1nc2scc(C(=O)O)c2c(=O)n1Cc1ccccc1C. The van der Waals surface area contributed by atoms with Crippen LogP contribution in [0.25, 0.3) is 10.2 Å². The third-order valence-corrected chi connectivity index (χ3v) is 4.99. The Morgan fingerprint density at radius 1 is 1.36 bits per heavy atom. The van der Waals surface area contributed by atoms with Crippen molar-refractivity contribution in [1.82, 2.24) is 9.55 Å². The van der Waals surface area contributed by atoms with E-state index >= 15 is 0 Å². The molecule has 0 saturated heterocycles. The second kappa shape index (κ2) is 7.16. The molecule has 0 amide bonds. The molecule has 1 N–H and O–H groups in total. The van der Waals surface area contributed by atoms with Crippen LogP contribution in [0.2, 0.25) is 0 Å². The van der Waals surface area contributed by atoms with E-state index in [4.69, 9.17) is 4.74 Å². The van der Waals surface area contributed by atoms with Crippen LogP contribution in [-0.4, -0.2) is 34.3 Å². The van der Waals surface area contributed by atoms with Gasteiger partial charge in [-0.1, -0.05) is 24.3 Å². The average Bonchev–Trinajstić information content (AvgIpc) is 3.02. The van der Waals surface area contributed by atoms with Gasteiger partial charge in [0, 0.05) is 18.9 Å². The molecule has 0 atom stereocenters. The first-order valence-corrected chi connectivity index (χ1v) is 8.68. The number of benzene rings is 1. The lowest BCUT2D eigenvalue weighted by Gasteiger charge is -2.14. The molecule has 1 aromatic carbocycles. The molecule has 130 valence electrons. The number of hydrogen-bond donors (Lipinski definition) is 1. The molecule has 6 nitrogen and oxygen atoms in total. The summed E-state index contributed by atoms with van der Waals surface area (Å²) >= 11 is 1.18. The van der Waals surface area contributed by atoms with E-state index in [9.17, 15) is 14.7 Å². The van der Waals surface area contributed by atoms with Crippen LogP contribution < -0.4 is 5.56 Å². The third kappa shape index (κ3) is 3.33. The van der Waals surface area contributed by atoms with Crippen LogP contribution in [0.5, 0.6) is 0 Å². The Balaban J connectivity index is 2.20. The van der Waals surface area contributed by atoms with Crippen LogP contribution in [0.1, 0.15) is 27.3 Å². The first-order valence-electron chi connectivity index (χ1n) is 7.80. The number of fused-ring (bicyclic) bond motifs is 1. The number of aromatic carboxylic acids is 1. The lowest BCUT2D eigenvalue weighted by molar-refractivity contribution is 0.0699. The maximum atomic E-state index is 13.0. The van der Waals surface area contributed by atoms with Gasteiger partial charge in [-0.15, -0.1) is 11.3 Å². The van der Waals surface area contributed by atoms with Crippen molar-refractivity contribution in [1.29, 1.82) is 0 Å². The highest BCUT2D eigenvalue weighted by molar-refractivity contribution is 7.17. The van der Waals surface area contributed by atoms with Gasteiger partial charge in [-0.2, -0.15) is 0 Å². The van der Waals surface area contributed by atoms with E-state index in [1.165, 1.54) is 16.7 Å². The van der Waals surface area contributed by atoms with Gasteiger partial charge < -0.3 is 9.84 Å². The number of methoxy groups -OCH3 is 1. The number of thiophene rings is 1. The summed E-state index contributed by atoms with van der Waals surface area (Å²) in [4.78, 5) is 29.5. The number of carboxylic acid groups (broad SMARTS) is 1. The number of carboxylic acids is 1. The number of aromatic nitrogens is 2. The average molecular weight is 358 g/mol. The van der Waals surface area contributed by atoms with Gasteiger partial charge in [0.05, 0.1) is 24.1 Å². The van der Waals surface area contributed by atoms with Crippen molar-refractivity contribution < 1.29 is 14.6 Å². The van der Waals surface area contributed by atoms with Crippen LogP contribution >= 0.6 is 11.3 Å². The number of ether oxygens (including phenoxy) is 1. The van der Waals surface area contributed by atoms with Crippen molar-refractivity contribution in [3.63, 3.8) is 0 Å². The van der Waals surface area contributed by atoms with Gasteiger partial charge in [-0.3, -0.25) is 9.36 Å². The normalized spacial score (nSPS) is 11.1. The predicted molar refractivity (Wildman–Crippen MR) is 96.7 cm³/mol. The standard InChI is InChI=1S/C18H18N2O4S/c1-11-5-3-4-6-12(11)9-20-14(7-8-24-2)19-16-15(17(20)21)13(10-25-16)18(22)23/h3-6,10H,7-9H2,1-2H3,(H,22,23). The second-order valence-corrected chi connectivity index (χ2v) is 6.58. The van der Waals surface area contributed by atoms with Crippen LogP contribution in [0.4, 0.5) is 0 Å². The number of aryl methyl sites for hydroxylation is 1. The van der Waals surface area contributed by atoms with E-state index in [1.54, 1.807) is 11.7 Å². The second-order valence-electron chi connectivity index (χ2n) is 5.72. The van der Waals surface area contributed by atoms with E-state index in [-0.39, 0.29) is 16.5 Å². The fourth-order valence-electron chi connectivity index (χ4n) is 2.73. The van der Waals surface area contributed by atoms with Crippen molar-refractivity contribution in [2.45, 2.75) is 19.9 Å². The quantitative estimate of drug-likeness (QED) is 0.733. The van der Waals surface area contributed by atoms with Gasteiger partial charge in [-0.25, -0.2) is 9.78 Å². The molecular weight excluding hydrogens is 340 g/mol. The summed E-state index contributed by atoms with van der Waals surface area (Å²) in [5.74, 6) is -0.515. The molecule has 0 aliphatic heterocycles. The molecule has 0 fully saturated rings. The van der Waals surface area contributed by atoms with Crippen LogP contribution in [0.15, 0.2) is 34.4 Å². The van der Waals surface area contributed by atoms with Gasteiger partial charge in [0.1, 0.15) is 10.7 Å². The molecule has 0 saturated carbocycles. The lowest BCUT2D eigenvalue weighted by Crippen LogP contribution is -2.27. The Kier molecular flexibility index (Phi) is 4.96. The Morgan fingerprint density at radius 2 is 2.12 bits per heavy atom. The van der Waals surface area contributed by atoms with Crippen molar-refractivity contribution >= 4 is 27.5 Å². The zero-order valence-electron chi connectivity index (χ0n) is 14.0. The number of nitrogens with zero attached hydrogens (tertiary/aromatic N) is 2. The first-order chi connectivity index (χ1) is 12.0. The molecule has 2 aromatic heterocycles. The minimum atomic E-state index is -1.11. The number of rotatable bonds is 6. The van der Waals surface area contributed by atoms with Crippen LogP contribution in [0, 0.1) is 6.92 Å². The summed E-state index contributed by atoms with van der Waals surface area (Å²) < 4.78 is 6.68. The molecule has 2 heterocycles. The summed E-state index contributed by atoms with van der Waals surface area (Å²) in [7, 11) is 1.59. The monoisotopic (exact) mass is 358 g/mol. The van der Waals surface area contributed by atoms with E-state index in [0.717, 1.165) is 11.1 Å². The Labute approximate surface area is 148 Å². The van der Waals surface area contributed by atoms with Crippen molar-refractivity contribution in [3.05, 3.63) is 62.5 Å². The smallest absolute Gasteiger partial charge is 0.337 e. The highest BCUT2D eigenvalue weighted by Crippen LogP contribution is 2.22. The van der Waals surface area contributed by atoms with Crippen LogP contribution in [0.3, 0.4) is 0 Å². The van der Waals surface area contributed by atoms with Crippen molar-refractivity contribution in [2.75, 3.05) is 13.7 Å². The summed E-state index contributed by atoms with van der Waals surface area (Å²) in [5, 5.41) is 11.0. The van der Waals surface area contributed by atoms with Gasteiger partial charge >= 0.3 is 5.97 Å². The fourth-order valence-corrected chi connectivity index (χ4v) is 3.65. The Hall–Kier alpha value is -2.51. The summed E-state index contributed by atoms with van der Waals surface area (Å²) in [6.45, 7) is 2.76. The highest BCUT2D eigenvalue weighted by Gasteiger charge is 2.19. The van der Waals surface area contributed by atoms with Crippen molar-refractivity contribution in [2.24, 2.45) is 0 Å². The molecule has 0 radical (unpaired) electrons. The Morgan fingerprint density at radius 3 is 2.80 bits per heavy atom. The number of carbonyl (C=O) groups is 1. The van der Waals surface area contributed by atoms with Gasteiger partial charge in [0.15, 0.2) is 0 Å². The molecule has 0 unspecified atom stereocenters. The molecule has 7 heteroatoms. The molecule has 0 aliphatic carbocycles. The summed E-state index contributed by atoms with van der Waals surface area (Å²) in [6.07, 6.45) is 0.480. The maximum Gasteiger partial charge on any atom is 0.337 e. The molecule has 25 heavy (non-hydrogen) atoms. The van der Waals surface area contributed by atoms with Gasteiger partial charge in [-0.05, 0) is 18.1 Å². The minimum absolute atomic E-state index is 0.00863. The largest absolute Gasteiger partial charge is 0.478 e. The topological polar surface area (TPSA) is 81.4 Å². The van der Waals surface area contributed by atoms with Gasteiger partial charge in [0.25, 0.3) is 5.56 Å². The molecule has 3 rings (SSSR count). The molecular formula is C18H18N2O4S. The minimum Gasteiger partial charge on any atom is -0.478 e. The highest BCUT2D eigenvalue weighted by atomic mass is 32.1. The van der Waals surface area contributed by atoms with E-state index in [0.29, 0.717) is 30.2 Å². The van der Waals surface area contributed by atoms with Gasteiger partial charge in [0.2, 0.25) is 0 Å². The molecule has 0 aliphatic rings. The first kappa shape index (κ1) is 17.3. The molecule has 0 bridgehead atoms. The lowest BCUT2D eigenvalue weighted by atomic mass is 10.1. The fraction of sp³-hybridized carbons (Fsp3) is 0.278. The predicted octanol–water partition coefficient (Wildman–Crippen LogP) is 2.70. The summed E-state index contributed by atoms with van der Waals surface area (Å²) in [6, 6.07) is 7.80. The molecule has 0 spiro atoms.